The molecule has 0 amide bonds. The molecule has 0 heterocycles. The van der Waals surface area contributed by atoms with Gasteiger partial charge in [0.25, 0.3) is 0 Å². The SMILES string of the molecule is CN(CCCBr)c1ccccc1F. The molecule has 0 unspecified atom stereocenters. The lowest BCUT2D eigenvalue weighted by molar-refractivity contribution is 0.622. The Morgan fingerprint density at radius 3 is 2.69 bits per heavy atom. The van der Waals surface area contributed by atoms with Crippen LogP contribution in [0.25, 0.3) is 0 Å². The molecule has 0 saturated heterocycles. The van der Waals surface area contributed by atoms with Crippen molar-refractivity contribution in [3.05, 3.63) is 30.1 Å². The smallest absolute Gasteiger partial charge is 0.146 e. The first-order chi connectivity index (χ1) is 6.25. The summed E-state index contributed by atoms with van der Waals surface area (Å²) in [6.45, 7) is 0.867. The van der Waals surface area contributed by atoms with Gasteiger partial charge in [-0.1, -0.05) is 28.1 Å². The van der Waals surface area contributed by atoms with Crippen LogP contribution in [0.5, 0.6) is 0 Å². The molecular formula is C10H13BrFN. The van der Waals surface area contributed by atoms with Crippen molar-refractivity contribution < 1.29 is 4.39 Å². The standard InChI is InChI=1S/C10H13BrFN/c1-13(8-4-7-11)10-6-3-2-5-9(10)12/h2-3,5-6H,4,7-8H2,1H3. The summed E-state index contributed by atoms with van der Waals surface area (Å²) in [7, 11) is 1.90. The van der Waals surface area contributed by atoms with Gasteiger partial charge in [0.2, 0.25) is 0 Å². The van der Waals surface area contributed by atoms with Gasteiger partial charge in [-0.05, 0) is 18.6 Å². The zero-order chi connectivity index (χ0) is 9.68. The van der Waals surface area contributed by atoms with Crippen molar-refractivity contribution in [2.24, 2.45) is 0 Å². The van der Waals surface area contributed by atoms with Crippen molar-refractivity contribution >= 4 is 21.6 Å². The number of halogens is 2. The third-order valence-corrected chi connectivity index (χ3v) is 2.45. The Bertz CT molecular complexity index is 265. The maximum absolute atomic E-state index is 13.2. The number of hydrogen-bond acceptors (Lipinski definition) is 1. The molecule has 1 rings (SSSR count). The van der Waals surface area contributed by atoms with Crippen molar-refractivity contribution in [2.45, 2.75) is 6.42 Å². The molecule has 1 aromatic carbocycles. The second-order valence-electron chi connectivity index (χ2n) is 2.92. The molecule has 13 heavy (non-hydrogen) atoms. The molecule has 0 saturated carbocycles. The topological polar surface area (TPSA) is 3.24 Å². The van der Waals surface area contributed by atoms with Crippen molar-refractivity contribution in [3.8, 4) is 0 Å². The zero-order valence-electron chi connectivity index (χ0n) is 7.63. The highest BCUT2D eigenvalue weighted by molar-refractivity contribution is 9.09. The fourth-order valence-corrected chi connectivity index (χ4v) is 1.43. The number of para-hydroxylation sites is 1. The number of rotatable bonds is 4. The minimum absolute atomic E-state index is 0.153. The van der Waals surface area contributed by atoms with Gasteiger partial charge in [-0.25, -0.2) is 4.39 Å². The summed E-state index contributed by atoms with van der Waals surface area (Å²) in [6, 6.07) is 6.84. The predicted octanol–water partition coefficient (Wildman–Crippen LogP) is 3.05. The average molecular weight is 246 g/mol. The molecule has 1 aromatic rings. The Labute approximate surface area is 86.7 Å². The summed E-state index contributed by atoms with van der Waals surface area (Å²) in [4.78, 5) is 1.93. The Balaban J connectivity index is 2.65. The van der Waals surface area contributed by atoms with E-state index in [0.717, 1.165) is 18.3 Å². The number of anilines is 1. The van der Waals surface area contributed by atoms with Crippen LogP contribution in [-0.4, -0.2) is 18.9 Å². The summed E-state index contributed by atoms with van der Waals surface area (Å²) >= 11 is 3.35. The fraction of sp³-hybridized carbons (Fsp3) is 0.400. The van der Waals surface area contributed by atoms with E-state index in [-0.39, 0.29) is 5.82 Å². The van der Waals surface area contributed by atoms with Crippen molar-refractivity contribution in [2.75, 3.05) is 23.8 Å². The fourth-order valence-electron chi connectivity index (χ4n) is 1.18. The number of benzene rings is 1. The van der Waals surface area contributed by atoms with E-state index in [9.17, 15) is 4.39 Å². The van der Waals surface area contributed by atoms with Crippen LogP contribution in [0.1, 0.15) is 6.42 Å². The van der Waals surface area contributed by atoms with E-state index in [1.165, 1.54) is 6.07 Å². The first-order valence-corrected chi connectivity index (χ1v) is 5.39. The van der Waals surface area contributed by atoms with Crippen LogP contribution in [0.2, 0.25) is 0 Å². The Morgan fingerprint density at radius 2 is 2.08 bits per heavy atom. The molecule has 0 aliphatic heterocycles. The first-order valence-electron chi connectivity index (χ1n) is 4.27. The van der Waals surface area contributed by atoms with Crippen LogP contribution in [0.3, 0.4) is 0 Å². The largest absolute Gasteiger partial charge is 0.372 e. The summed E-state index contributed by atoms with van der Waals surface area (Å²) in [5.41, 5.74) is 0.670. The second kappa shape index (κ2) is 5.22. The van der Waals surface area contributed by atoms with Crippen LogP contribution < -0.4 is 4.90 Å². The Kier molecular flexibility index (Phi) is 4.22. The molecule has 0 spiro atoms. The van der Waals surface area contributed by atoms with E-state index in [0.29, 0.717) is 5.69 Å². The lowest BCUT2D eigenvalue weighted by Crippen LogP contribution is -2.19. The van der Waals surface area contributed by atoms with Gasteiger partial charge < -0.3 is 4.90 Å². The second-order valence-corrected chi connectivity index (χ2v) is 3.71. The molecule has 0 bridgehead atoms. The normalized spacial score (nSPS) is 10.1. The molecule has 0 radical (unpaired) electrons. The molecular weight excluding hydrogens is 233 g/mol. The quantitative estimate of drug-likeness (QED) is 0.738. The molecule has 0 aromatic heterocycles. The van der Waals surface area contributed by atoms with Gasteiger partial charge in [0.1, 0.15) is 5.82 Å². The number of alkyl halides is 1. The minimum atomic E-state index is -0.153. The van der Waals surface area contributed by atoms with E-state index in [1.54, 1.807) is 12.1 Å². The zero-order valence-corrected chi connectivity index (χ0v) is 9.22. The summed E-state index contributed by atoms with van der Waals surface area (Å²) < 4.78 is 13.2. The predicted molar refractivity (Wildman–Crippen MR) is 58.1 cm³/mol. The number of nitrogens with zero attached hydrogens (tertiary/aromatic N) is 1. The van der Waals surface area contributed by atoms with Gasteiger partial charge in [0.05, 0.1) is 5.69 Å². The average Bonchev–Trinajstić information content (AvgIpc) is 2.15. The highest BCUT2D eigenvalue weighted by Crippen LogP contribution is 2.16. The molecule has 0 fully saturated rings. The van der Waals surface area contributed by atoms with E-state index >= 15 is 0 Å². The summed E-state index contributed by atoms with van der Waals surface area (Å²) in [5, 5.41) is 0.950. The van der Waals surface area contributed by atoms with E-state index in [4.69, 9.17) is 0 Å². The summed E-state index contributed by atoms with van der Waals surface area (Å²) in [5.74, 6) is -0.153. The maximum atomic E-state index is 13.2. The molecule has 72 valence electrons. The van der Waals surface area contributed by atoms with Crippen LogP contribution in [0.15, 0.2) is 24.3 Å². The van der Waals surface area contributed by atoms with Gasteiger partial charge in [0, 0.05) is 18.9 Å². The van der Waals surface area contributed by atoms with Crippen molar-refractivity contribution in [3.63, 3.8) is 0 Å². The van der Waals surface area contributed by atoms with Crippen LogP contribution in [0.4, 0.5) is 10.1 Å². The van der Waals surface area contributed by atoms with E-state index < -0.39 is 0 Å². The van der Waals surface area contributed by atoms with E-state index in [1.807, 2.05) is 18.0 Å². The highest BCUT2D eigenvalue weighted by Gasteiger charge is 2.04. The van der Waals surface area contributed by atoms with Crippen LogP contribution >= 0.6 is 15.9 Å². The van der Waals surface area contributed by atoms with Crippen molar-refractivity contribution in [1.29, 1.82) is 0 Å². The molecule has 0 aliphatic rings. The highest BCUT2D eigenvalue weighted by atomic mass is 79.9. The third-order valence-electron chi connectivity index (χ3n) is 1.89. The van der Waals surface area contributed by atoms with Gasteiger partial charge >= 0.3 is 0 Å². The Hall–Kier alpha value is -0.570. The first kappa shape index (κ1) is 10.5. The lowest BCUT2D eigenvalue weighted by Gasteiger charge is -2.18. The monoisotopic (exact) mass is 245 g/mol. The molecule has 0 atom stereocenters. The minimum Gasteiger partial charge on any atom is -0.372 e. The summed E-state index contributed by atoms with van der Waals surface area (Å²) in [6.07, 6.45) is 1.02. The number of hydrogen-bond donors (Lipinski definition) is 0. The molecule has 0 N–H and O–H groups in total. The van der Waals surface area contributed by atoms with Gasteiger partial charge in [0.15, 0.2) is 0 Å². The van der Waals surface area contributed by atoms with E-state index in [2.05, 4.69) is 15.9 Å². The third kappa shape index (κ3) is 2.99. The maximum Gasteiger partial charge on any atom is 0.146 e. The van der Waals surface area contributed by atoms with Crippen molar-refractivity contribution in [1.82, 2.24) is 0 Å². The van der Waals surface area contributed by atoms with Gasteiger partial charge in [-0.3, -0.25) is 0 Å². The lowest BCUT2D eigenvalue weighted by atomic mass is 10.3. The molecule has 3 heteroatoms. The van der Waals surface area contributed by atoms with Crippen LogP contribution in [-0.2, 0) is 0 Å². The van der Waals surface area contributed by atoms with Gasteiger partial charge in [-0.2, -0.15) is 0 Å². The van der Waals surface area contributed by atoms with Gasteiger partial charge in [-0.15, -0.1) is 0 Å². The molecule has 0 aliphatic carbocycles. The Morgan fingerprint density at radius 1 is 1.38 bits per heavy atom. The molecule has 1 nitrogen and oxygen atoms in total. The van der Waals surface area contributed by atoms with Crippen LogP contribution in [0, 0.1) is 5.82 Å².